The van der Waals surface area contributed by atoms with Crippen molar-refractivity contribution in [2.24, 2.45) is 0 Å². The third kappa shape index (κ3) is 5.72. The lowest BCUT2D eigenvalue weighted by atomic mass is 10.1. The van der Waals surface area contributed by atoms with E-state index in [4.69, 9.17) is 9.47 Å². The van der Waals surface area contributed by atoms with Crippen LogP contribution in [-0.4, -0.2) is 62.0 Å². The summed E-state index contributed by atoms with van der Waals surface area (Å²) in [5, 5.41) is 3.70. The fourth-order valence-corrected chi connectivity index (χ4v) is 5.67. The molecule has 1 aliphatic rings. The fraction of sp³-hybridized carbons (Fsp3) is 0.360. The first-order valence-electron chi connectivity index (χ1n) is 11.5. The van der Waals surface area contributed by atoms with Gasteiger partial charge in [-0.2, -0.15) is 4.31 Å². The highest BCUT2D eigenvalue weighted by atomic mass is 32.2. The molecule has 0 aliphatic carbocycles. The van der Waals surface area contributed by atoms with Crippen LogP contribution >= 0.6 is 0 Å². The van der Waals surface area contributed by atoms with Gasteiger partial charge in [-0.05, 0) is 49.6 Å². The minimum Gasteiger partial charge on any atom is -0.453 e. The molecule has 10 heteroatoms. The molecule has 0 radical (unpaired) electrons. The summed E-state index contributed by atoms with van der Waals surface area (Å²) in [6, 6.07) is 12.5. The Kier molecular flexibility index (Phi) is 7.54. The minimum absolute atomic E-state index is 0.126. The number of aromatic amines is 1. The molecule has 4 rings (SSSR count). The molecule has 0 unspecified atom stereocenters. The molecule has 0 saturated carbocycles. The number of amides is 1. The van der Waals surface area contributed by atoms with Gasteiger partial charge in [-0.1, -0.05) is 24.3 Å². The highest BCUT2D eigenvalue weighted by Gasteiger charge is 2.28. The number of nitrogens with one attached hydrogen (secondary N) is 2. The van der Waals surface area contributed by atoms with Crippen LogP contribution in [0.5, 0.6) is 0 Å². The summed E-state index contributed by atoms with van der Waals surface area (Å²) in [6.45, 7) is 4.44. The molecule has 0 spiro atoms. The number of carbonyl (C=O) groups is 2. The van der Waals surface area contributed by atoms with Crippen LogP contribution in [0.3, 0.4) is 0 Å². The third-order valence-electron chi connectivity index (χ3n) is 5.99. The summed E-state index contributed by atoms with van der Waals surface area (Å²) < 4.78 is 38.1. The summed E-state index contributed by atoms with van der Waals surface area (Å²) in [6.07, 6.45) is 1.45. The first kappa shape index (κ1) is 24.9. The summed E-state index contributed by atoms with van der Waals surface area (Å²) in [5.41, 5.74) is 2.89. The molecule has 186 valence electrons. The van der Waals surface area contributed by atoms with E-state index in [1.807, 2.05) is 30.5 Å². The lowest BCUT2D eigenvalue weighted by molar-refractivity contribution is -0.153. The molecular weight excluding hydrogens is 470 g/mol. The van der Waals surface area contributed by atoms with Crippen LogP contribution in [0.25, 0.3) is 10.9 Å². The van der Waals surface area contributed by atoms with Gasteiger partial charge in [0.25, 0.3) is 5.91 Å². The van der Waals surface area contributed by atoms with Gasteiger partial charge in [0.05, 0.1) is 18.1 Å². The van der Waals surface area contributed by atoms with Crippen LogP contribution in [0.1, 0.15) is 24.5 Å². The predicted molar refractivity (Wildman–Crippen MR) is 132 cm³/mol. The molecule has 35 heavy (non-hydrogen) atoms. The predicted octanol–water partition coefficient (Wildman–Crippen LogP) is 3.00. The molecule has 1 amide bonds. The maximum absolute atomic E-state index is 13.1. The van der Waals surface area contributed by atoms with Crippen LogP contribution in [-0.2, 0) is 35.5 Å². The van der Waals surface area contributed by atoms with Crippen LogP contribution in [0.4, 0.5) is 5.69 Å². The number of H-pyrrole nitrogens is 1. The SMILES string of the molecule is Cc1ccc(NC(=O)[C@@H](C)OC(=O)CCc2c[nH]c3ccccc23)cc1S(=O)(=O)N1CCOCC1. The zero-order chi connectivity index (χ0) is 25.0. The van der Waals surface area contributed by atoms with E-state index in [1.165, 1.54) is 17.3 Å². The molecule has 1 fully saturated rings. The fourth-order valence-electron chi connectivity index (χ4n) is 4.01. The second-order valence-corrected chi connectivity index (χ2v) is 10.4. The highest BCUT2D eigenvalue weighted by Crippen LogP contribution is 2.25. The zero-order valence-electron chi connectivity index (χ0n) is 19.7. The van der Waals surface area contributed by atoms with Crippen molar-refractivity contribution in [3.05, 3.63) is 59.8 Å². The Hall–Kier alpha value is -3.21. The number of esters is 1. The average molecular weight is 500 g/mol. The molecular formula is C25H29N3O6S. The average Bonchev–Trinajstić information content (AvgIpc) is 3.27. The number of nitrogens with zero attached hydrogens (tertiary/aromatic N) is 1. The third-order valence-corrected chi connectivity index (χ3v) is 8.04. The smallest absolute Gasteiger partial charge is 0.306 e. The largest absolute Gasteiger partial charge is 0.453 e. The summed E-state index contributed by atoms with van der Waals surface area (Å²) >= 11 is 0. The van der Waals surface area contributed by atoms with Gasteiger partial charge in [-0.25, -0.2) is 8.42 Å². The number of hydrogen-bond acceptors (Lipinski definition) is 6. The lowest BCUT2D eigenvalue weighted by Crippen LogP contribution is -2.40. The van der Waals surface area contributed by atoms with E-state index in [-0.39, 0.29) is 24.4 Å². The van der Waals surface area contributed by atoms with E-state index < -0.39 is 28.0 Å². The van der Waals surface area contributed by atoms with Crippen molar-refractivity contribution in [3.8, 4) is 0 Å². The van der Waals surface area contributed by atoms with Gasteiger partial charge in [-0.3, -0.25) is 9.59 Å². The van der Waals surface area contributed by atoms with E-state index in [1.54, 1.807) is 19.1 Å². The van der Waals surface area contributed by atoms with Crippen molar-refractivity contribution in [1.82, 2.24) is 9.29 Å². The standard InChI is InChI=1S/C25H29N3O6S/c1-17-7-9-20(15-23(17)35(31,32)28-11-13-33-14-12-28)27-25(30)18(2)34-24(29)10-8-19-16-26-22-6-4-3-5-21(19)22/h3-7,9,15-16,18,26H,8,10-14H2,1-2H3,(H,27,30)/t18-/m1/s1. The van der Waals surface area contributed by atoms with Crippen molar-refractivity contribution < 1.29 is 27.5 Å². The molecule has 2 N–H and O–H groups in total. The zero-order valence-corrected chi connectivity index (χ0v) is 20.6. The van der Waals surface area contributed by atoms with Gasteiger partial charge >= 0.3 is 5.97 Å². The number of carbonyl (C=O) groups excluding carboxylic acids is 2. The number of anilines is 1. The number of benzene rings is 2. The van der Waals surface area contributed by atoms with Crippen molar-refractivity contribution in [2.75, 3.05) is 31.6 Å². The first-order chi connectivity index (χ1) is 16.8. The van der Waals surface area contributed by atoms with Gasteiger partial charge in [0.2, 0.25) is 10.0 Å². The van der Waals surface area contributed by atoms with Gasteiger partial charge < -0.3 is 19.8 Å². The van der Waals surface area contributed by atoms with Gasteiger partial charge in [0.15, 0.2) is 6.10 Å². The maximum Gasteiger partial charge on any atom is 0.306 e. The van der Waals surface area contributed by atoms with Crippen LogP contribution in [0.15, 0.2) is 53.6 Å². The summed E-state index contributed by atoms with van der Waals surface area (Å²) in [7, 11) is -3.72. The number of morpholine rings is 1. The molecule has 2 aromatic carbocycles. The van der Waals surface area contributed by atoms with E-state index in [2.05, 4.69) is 10.3 Å². The Morgan fingerprint density at radius 3 is 2.69 bits per heavy atom. The molecule has 0 bridgehead atoms. The summed E-state index contributed by atoms with van der Waals surface area (Å²) in [4.78, 5) is 28.3. The number of fused-ring (bicyclic) bond motifs is 1. The summed E-state index contributed by atoms with van der Waals surface area (Å²) in [5.74, 6) is -1.03. The Morgan fingerprint density at radius 2 is 1.91 bits per heavy atom. The number of sulfonamides is 1. The molecule has 9 nitrogen and oxygen atoms in total. The molecule has 1 saturated heterocycles. The minimum atomic E-state index is -3.72. The Labute approximate surface area is 204 Å². The highest BCUT2D eigenvalue weighted by molar-refractivity contribution is 7.89. The van der Waals surface area contributed by atoms with Crippen LogP contribution in [0.2, 0.25) is 0 Å². The quantitative estimate of drug-likeness (QED) is 0.460. The van der Waals surface area contributed by atoms with Gasteiger partial charge in [0, 0.05) is 42.3 Å². The second kappa shape index (κ2) is 10.6. The van der Waals surface area contributed by atoms with Crippen LogP contribution < -0.4 is 5.32 Å². The Balaban J connectivity index is 1.35. The first-order valence-corrected chi connectivity index (χ1v) is 12.9. The van der Waals surface area contributed by atoms with Gasteiger partial charge in [-0.15, -0.1) is 0 Å². The number of rotatable bonds is 8. The molecule has 3 aromatic rings. The number of aryl methyl sites for hydroxylation is 2. The van der Waals surface area contributed by atoms with Crippen molar-refractivity contribution in [2.45, 2.75) is 37.7 Å². The molecule has 1 aliphatic heterocycles. The van der Waals surface area contributed by atoms with Crippen LogP contribution in [0, 0.1) is 6.92 Å². The number of ether oxygens (including phenoxy) is 2. The van der Waals surface area contributed by atoms with E-state index in [9.17, 15) is 18.0 Å². The molecule has 1 aromatic heterocycles. The topological polar surface area (TPSA) is 118 Å². The number of para-hydroxylation sites is 1. The van der Waals surface area contributed by atoms with E-state index >= 15 is 0 Å². The van der Waals surface area contributed by atoms with E-state index in [0.29, 0.717) is 30.9 Å². The number of hydrogen-bond donors (Lipinski definition) is 2. The maximum atomic E-state index is 13.1. The van der Waals surface area contributed by atoms with Crippen molar-refractivity contribution >= 4 is 38.5 Å². The van der Waals surface area contributed by atoms with Crippen molar-refractivity contribution in [1.29, 1.82) is 0 Å². The van der Waals surface area contributed by atoms with Gasteiger partial charge in [0.1, 0.15) is 0 Å². The molecule has 2 heterocycles. The molecule has 1 atom stereocenters. The Bertz CT molecular complexity index is 1330. The number of aromatic nitrogens is 1. The van der Waals surface area contributed by atoms with E-state index in [0.717, 1.165) is 16.5 Å². The van der Waals surface area contributed by atoms with Crippen molar-refractivity contribution in [3.63, 3.8) is 0 Å². The monoisotopic (exact) mass is 499 g/mol. The lowest BCUT2D eigenvalue weighted by Gasteiger charge is -2.27. The Morgan fingerprint density at radius 1 is 1.17 bits per heavy atom. The second-order valence-electron chi connectivity index (χ2n) is 8.48. The normalized spacial score (nSPS) is 15.6.